The summed E-state index contributed by atoms with van der Waals surface area (Å²) in [5.74, 6) is -0.119. The summed E-state index contributed by atoms with van der Waals surface area (Å²) in [6.45, 7) is 5.20. The van der Waals surface area contributed by atoms with Crippen LogP contribution in [0.3, 0.4) is 0 Å². The number of nitrogens with zero attached hydrogens (tertiary/aromatic N) is 1. The number of hydrogen-bond donors (Lipinski definition) is 2. The zero-order valence-corrected chi connectivity index (χ0v) is 14.1. The Kier molecular flexibility index (Phi) is 5.36. The summed E-state index contributed by atoms with van der Waals surface area (Å²) in [6, 6.07) is 3.62. The molecule has 0 aromatic heterocycles. The molecule has 0 bridgehead atoms. The highest BCUT2D eigenvalue weighted by Crippen LogP contribution is 2.27. The highest BCUT2D eigenvalue weighted by molar-refractivity contribution is 9.10. The van der Waals surface area contributed by atoms with E-state index in [0.29, 0.717) is 11.3 Å². The molecule has 110 valence electrons. The molecule has 4 nitrogen and oxygen atoms in total. The van der Waals surface area contributed by atoms with E-state index in [1.54, 1.807) is 31.0 Å². The lowest BCUT2D eigenvalue weighted by Crippen LogP contribution is -2.30. The molecule has 0 aliphatic heterocycles. The van der Waals surface area contributed by atoms with Gasteiger partial charge in [-0.05, 0) is 38.5 Å². The average Bonchev–Trinajstić information content (AvgIpc) is 2.28. The van der Waals surface area contributed by atoms with E-state index in [9.17, 15) is 9.90 Å². The molecule has 0 fully saturated rings. The first-order valence-corrected chi connectivity index (χ1v) is 7.09. The van der Waals surface area contributed by atoms with Crippen LogP contribution < -0.4 is 5.32 Å². The van der Waals surface area contributed by atoms with Crippen molar-refractivity contribution in [1.29, 1.82) is 0 Å². The lowest BCUT2D eigenvalue weighted by atomic mass is 10.0. The zero-order chi connectivity index (χ0) is 15.5. The molecule has 2 N–H and O–H groups in total. The van der Waals surface area contributed by atoms with Crippen molar-refractivity contribution in [2.75, 3.05) is 19.4 Å². The number of aliphatic hydroxyl groups is 1. The van der Waals surface area contributed by atoms with Gasteiger partial charge in [0.1, 0.15) is 5.72 Å². The van der Waals surface area contributed by atoms with Crippen molar-refractivity contribution in [3.8, 4) is 0 Å². The van der Waals surface area contributed by atoms with E-state index in [-0.39, 0.29) is 5.78 Å². The maximum absolute atomic E-state index is 12.3. The Morgan fingerprint density at radius 1 is 1.40 bits per heavy atom. The summed E-state index contributed by atoms with van der Waals surface area (Å²) >= 11 is 3.43. The van der Waals surface area contributed by atoms with Crippen molar-refractivity contribution >= 4 is 27.4 Å². The molecule has 0 aliphatic carbocycles. The number of aryl methyl sites for hydroxylation is 1. The van der Waals surface area contributed by atoms with Crippen LogP contribution in [-0.2, 0) is 0 Å². The van der Waals surface area contributed by atoms with Crippen LogP contribution in [0.4, 0.5) is 5.69 Å². The zero-order valence-electron chi connectivity index (χ0n) is 12.5. The number of carbonyl (C=O) groups excluding carboxylic acids is 1. The summed E-state index contributed by atoms with van der Waals surface area (Å²) in [5.41, 5.74) is 1.03. The standard InChI is InChI=1S/C15H21BrN2O2/c1-10-8-13(17-15(2,3)20)11(9-12(10)16)14(19)6-7-18(4)5/h6-9,17,20H,1-5H3/b7-6+. The second kappa shape index (κ2) is 6.41. The second-order valence-corrected chi connectivity index (χ2v) is 6.33. The highest BCUT2D eigenvalue weighted by atomic mass is 79.9. The Labute approximate surface area is 128 Å². The first kappa shape index (κ1) is 16.7. The van der Waals surface area contributed by atoms with Crippen LogP contribution in [0.15, 0.2) is 28.9 Å². The maximum atomic E-state index is 12.3. The second-order valence-electron chi connectivity index (χ2n) is 5.47. The molecule has 1 aromatic rings. The molecule has 0 radical (unpaired) electrons. The highest BCUT2D eigenvalue weighted by Gasteiger charge is 2.18. The van der Waals surface area contributed by atoms with E-state index in [1.165, 1.54) is 6.08 Å². The first-order chi connectivity index (χ1) is 9.10. The molecular formula is C15H21BrN2O2. The molecule has 5 heteroatoms. The van der Waals surface area contributed by atoms with Crippen LogP contribution >= 0.6 is 15.9 Å². The topological polar surface area (TPSA) is 52.6 Å². The number of nitrogens with one attached hydrogen (secondary N) is 1. The van der Waals surface area contributed by atoms with Crippen molar-refractivity contribution in [3.05, 3.63) is 40.0 Å². The average molecular weight is 341 g/mol. The smallest absolute Gasteiger partial charge is 0.189 e. The Balaban J connectivity index is 3.22. The summed E-state index contributed by atoms with van der Waals surface area (Å²) in [4.78, 5) is 14.1. The minimum atomic E-state index is -1.10. The number of benzene rings is 1. The maximum Gasteiger partial charge on any atom is 0.189 e. The van der Waals surface area contributed by atoms with Gasteiger partial charge in [0.25, 0.3) is 0 Å². The molecule has 0 spiro atoms. The van der Waals surface area contributed by atoms with Crippen molar-refractivity contribution in [2.45, 2.75) is 26.5 Å². The SMILES string of the molecule is Cc1cc(NC(C)(C)O)c(C(=O)/C=C/N(C)C)cc1Br. The van der Waals surface area contributed by atoms with E-state index in [4.69, 9.17) is 0 Å². The number of rotatable bonds is 5. The molecule has 20 heavy (non-hydrogen) atoms. The van der Waals surface area contributed by atoms with Gasteiger partial charge in [0.2, 0.25) is 0 Å². The molecule has 0 unspecified atom stereocenters. The number of hydrogen-bond acceptors (Lipinski definition) is 4. The Hall–Kier alpha value is -1.33. The quantitative estimate of drug-likeness (QED) is 0.491. The molecule has 1 aromatic carbocycles. The third-order valence-electron chi connectivity index (χ3n) is 2.53. The third kappa shape index (κ3) is 4.98. The normalized spacial score (nSPS) is 11.8. The van der Waals surface area contributed by atoms with E-state index in [2.05, 4.69) is 21.2 Å². The van der Waals surface area contributed by atoms with Gasteiger partial charge in [0.05, 0.1) is 0 Å². The van der Waals surface area contributed by atoms with Gasteiger partial charge in [0, 0.05) is 42.1 Å². The van der Waals surface area contributed by atoms with Gasteiger partial charge in [-0.2, -0.15) is 0 Å². The number of halogens is 1. The monoisotopic (exact) mass is 340 g/mol. The van der Waals surface area contributed by atoms with Crippen LogP contribution in [0.25, 0.3) is 0 Å². The lowest BCUT2D eigenvalue weighted by molar-refractivity contribution is 0.104. The fraction of sp³-hybridized carbons (Fsp3) is 0.400. The molecule has 0 aliphatic rings. The van der Waals surface area contributed by atoms with Crippen molar-refractivity contribution in [2.24, 2.45) is 0 Å². The van der Waals surface area contributed by atoms with Crippen LogP contribution in [0.1, 0.15) is 29.8 Å². The van der Waals surface area contributed by atoms with Crippen molar-refractivity contribution < 1.29 is 9.90 Å². The van der Waals surface area contributed by atoms with Crippen LogP contribution in [0.5, 0.6) is 0 Å². The Morgan fingerprint density at radius 2 is 2.00 bits per heavy atom. The molecule has 0 saturated heterocycles. The minimum absolute atomic E-state index is 0.119. The van der Waals surface area contributed by atoms with Crippen molar-refractivity contribution in [1.82, 2.24) is 4.90 Å². The predicted octanol–water partition coefficient (Wildman–Crippen LogP) is 3.16. The van der Waals surface area contributed by atoms with Gasteiger partial charge in [0.15, 0.2) is 5.78 Å². The summed E-state index contributed by atoms with van der Waals surface area (Å²) < 4.78 is 0.861. The number of ketones is 1. The fourth-order valence-electron chi connectivity index (χ4n) is 1.62. The van der Waals surface area contributed by atoms with E-state index < -0.39 is 5.72 Å². The fourth-order valence-corrected chi connectivity index (χ4v) is 1.97. The van der Waals surface area contributed by atoms with Crippen LogP contribution in [-0.4, -0.2) is 35.6 Å². The largest absolute Gasteiger partial charge is 0.383 e. The van der Waals surface area contributed by atoms with E-state index in [1.807, 2.05) is 27.1 Å². The third-order valence-corrected chi connectivity index (χ3v) is 3.38. The van der Waals surface area contributed by atoms with Crippen molar-refractivity contribution in [3.63, 3.8) is 0 Å². The number of carbonyl (C=O) groups is 1. The van der Waals surface area contributed by atoms with Gasteiger partial charge < -0.3 is 15.3 Å². The minimum Gasteiger partial charge on any atom is -0.383 e. The predicted molar refractivity (Wildman–Crippen MR) is 86.0 cm³/mol. The van der Waals surface area contributed by atoms with Gasteiger partial charge in [-0.1, -0.05) is 15.9 Å². The summed E-state index contributed by atoms with van der Waals surface area (Å²) in [7, 11) is 3.70. The molecule has 0 atom stereocenters. The van der Waals surface area contributed by atoms with Gasteiger partial charge >= 0.3 is 0 Å². The molecule has 0 amide bonds. The Morgan fingerprint density at radius 3 is 2.50 bits per heavy atom. The van der Waals surface area contributed by atoms with Gasteiger partial charge in [-0.15, -0.1) is 0 Å². The van der Waals surface area contributed by atoms with Gasteiger partial charge in [-0.3, -0.25) is 4.79 Å². The molecule has 0 heterocycles. The van der Waals surface area contributed by atoms with Gasteiger partial charge in [-0.25, -0.2) is 0 Å². The van der Waals surface area contributed by atoms with Crippen LogP contribution in [0.2, 0.25) is 0 Å². The molecule has 1 rings (SSSR count). The number of anilines is 1. The first-order valence-electron chi connectivity index (χ1n) is 6.30. The number of allylic oxidation sites excluding steroid dienone is 1. The lowest BCUT2D eigenvalue weighted by Gasteiger charge is -2.23. The molecular weight excluding hydrogens is 320 g/mol. The van der Waals surface area contributed by atoms with Crippen LogP contribution in [0, 0.1) is 6.92 Å². The van der Waals surface area contributed by atoms with E-state index in [0.717, 1.165) is 10.0 Å². The molecule has 0 saturated carbocycles. The summed E-state index contributed by atoms with van der Waals surface area (Å²) in [5, 5.41) is 12.8. The summed E-state index contributed by atoms with van der Waals surface area (Å²) in [6.07, 6.45) is 3.20. The Bertz CT molecular complexity index is 531. The van der Waals surface area contributed by atoms with E-state index >= 15 is 0 Å².